The van der Waals surface area contributed by atoms with Gasteiger partial charge in [-0.1, -0.05) is 0 Å². The van der Waals surface area contributed by atoms with Gasteiger partial charge in [-0.25, -0.2) is 0 Å². The molecule has 2 heterocycles. The van der Waals surface area contributed by atoms with Gasteiger partial charge in [0.15, 0.2) is 0 Å². The molecule has 1 N–H and O–H groups in total. The van der Waals surface area contributed by atoms with Crippen LogP contribution in [-0.4, -0.2) is 18.9 Å². The maximum atomic E-state index is 5.59. The van der Waals surface area contributed by atoms with Crippen LogP contribution in [0, 0.1) is 0 Å². The van der Waals surface area contributed by atoms with Gasteiger partial charge in [0.25, 0.3) is 0 Å². The van der Waals surface area contributed by atoms with E-state index >= 15 is 0 Å². The van der Waals surface area contributed by atoms with E-state index in [-0.39, 0.29) is 5.72 Å². The largest absolute Gasteiger partial charge is 0.361 e. The molecule has 0 radical (unpaired) electrons. The molecule has 1 unspecified atom stereocenters. The lowest BCUT2D eigenvalue weighted by Crippen LogP contribution is -2.60. The van der Waals surface area contributed by atoms with Crippen molar-refractivity contribution in [2.45, 2.75) is 31.4 Å². The zero-order valence-electron chi connectivity index (χ0n) is 5.65. The highest BCUT2D eigenvalue weighted by Crippen LogP contribution is 2.30. The second kappa shape index (κ2) is 1.96. The molecule has 0 aromatic heterocycles. The second-order valence-electron chi connectivity index (χ2n) is 2.98. The van der Waals surface area contributed by atoms with Crippen LogP contribution in [0.4, 0.5) is 0 Å². The topological polar surface area (TPSA) is 21.3 Å². The Bertz CT molecular complexity index is 101. The quantitative estimate of drug-likeness (QED) is 0.521. The minimum atomic E-state index is 0.151. The molecular weight excluding hydrogens is 114 g/mol. The van der Waals surface area contributed by atoms with Crippen molar-refractivity contribution < 1.29 is 4.74 Å². The first-order valence-electron chi connectivity index (χ1n) is 3.80. The van der Waals surface area contributed by atoms with E-state index in [0.717, 1.165) is 13.2 Å². The molecule has 0 saturated carbocycles. The third-order valence-electron chi connectivity index (χ3n) is 2.33. The van der Waals surface area contributed by atoms with Gasteiger partial charge < -0.3 is 4.74 Å². The molecule has 2 aliphatic heterocycles. The predicted molar refractivity (Wildman–Crippen MR) is 35.2 cm³/mol. The summed E-state index contributed by atoms with van der Waals surface area (Å²) in [5, 5.41) is 3.34. The van der Waals surface area contributed by atoms with Gasteiger partial charge in [0.2, 0.25) is 0 Å². The normalized spacial score (nSPS) is 42.7. The van der Waals surface area contributed by atoms with Crippen LogP contribution in [0.1, 0.15) is 25.7 Å². The Kier molecular flexibility index (Phi) is 1.24. The Labute approximate surface area is 55.6 Å². The van der Waals surface area contributed by atoms with Gasteiger partial charge in [-0.2, -0.15) is 0 Å². The van der Waals surface area contributed by atoms with Gasteiger partial charge in [0.1, 0.15) is 5.72 Å². The minimum Gasteiger partial charge on any atom is -0.361 e. The van der Waals surface area contributed by atoms with E-state index < -0.39 is 0 Å². The van der Waals surface area contributed by atoms with Crippen molar-refractivity contribution in [3.63, 3.8) is 0 Å². The lowest BCUT2D eigenvalue weighted by atomic mass is 9.93. The third kappa shape index (κ3) is 0.864. The molecule has 2 heteroatoms. The molecule has 0 amide bonds. The molecule has 2 aliphatic rings. The van der Waals surface area contributed by atoms with Crippen LogP contribution in [0.25, 0.3) is 0 Å². The van der Waals surface area contributed by atoms with E-state index in [4.69, 9.17) is 4.74 Å². The number of hydrogen-bond donors (Lipinski definition) is 1. The van der Waals surface area contributed by atoms with Crippen LogP contribution in [0.5, 0.6) is 0 Å². The summed E-state index contributed by atoms with van der Waals surface area (Å²) in [5.41, 5.74) is 0.151. The van der Waals surface area contributed by atoms with Crippen LogP contribution in [-0.2, 0) is 4.74 Å². The molecule has 1 atom stereocenters. The van der Waals surface area contributed by atoms with Gasteiger partial charge in [-0.3, -0.25) is 5.32 Å². The Balaban J connectivity index is 1.93. The number of rotatable bonds is 0. The molecule has 2 fully saturated rings. The number of hydrogen-bond acceptors (Lipinski definition) is 2. The zero-order valence-corrected chi connectivity index (χ0v) is 5.65. The molecular formula is C7H13NO. The summed E-state index contributed by atoms with van der Waals surface area (Å²) >= 11 is 0. The van der Waals surface area contributed by atoms with Crippen LogP contribution >= 0.6 is 0 Å². The lowest BCUT2D eigenvalue weighted by Gasteiger charge is -2.45. The average Bonchev–Trinajstić information content (AvgIpc) is 1.87. The van der Waals surface area contributed by atoms with E-state index in [1.165, 1.54) is 25.7 Å². The molecule has 0 aromatic rings. The molecule has 1 spiro atoms. The molecule has 2 saturated heterocycles. The highest BCUT2D eigenvalue weighted by atomic mass is 16.5. The van der Waals surface area contributed by atoms with Gasteiger partial charge in [-0.15, -0.1) is 0 Å². The molecule has 2 rings (SSSR count). The maximum absolute atomic E-state index is 5.59. The maximum Gasteiger partial charge on any atom is 0.120 e. The number of nitrogens with one attached hydrogen (secondary N) is 1. The summed E-state index contributed by atoms with van der Waals surface area (Å²) in [4.78, 5) is 0. The standard InChI is InChI=1S/C7H13NO/c1-2-6-9-7(3-1)4-5-8-7/h8H,1-6H2. The fourth-order valence-corrected chi connectivity index (χ4v) is 1.59. The average molecular weight is 127 g/mol. The predicted octanol–water partition coefficient (Wildman–Crippen LogP) is 0.877. The van der Waals surface area contributed by atoms with Crippen LogP contribution < -0.4 is 5.32 Å². The smallest absolute Gasteiger partial charge is 0.120 e. The van der Waals surface area contributed by atoms with Crippen molar-refractivity contribution >= 4 is 0 Å². The van der Waals surface area contributed by atoms with Crippen LogP contribution in [0.2, 0.25) is 0 Å². The Morgan fingerprint density at radius 1 is 1.22 bits per heavy atom. The fraction of sp³-hybridized carbons (Fsp3) is 1.00. The highest BCUT2D eigenvalue weighted by molar-refractivity contribution is 4.89. The molecule has 0 bridgehead atoms. The summed E-state index contributed by atoms with van der Waals surface area (Å²) < 4.78 is 5.59. The molecule has 52 valence electrons. The Hall–Kier alpha value is -0.0800. The lowest BCUT2D eigenvalue weighted by molar-refractivity contribution is -0.143. The first-order chi connectivity index (χ1) is 4.41. The summed E-state index contributed by atoms with van der Waals surface area (Å²) in [5.74, 6) is 0. The first kappa shape index (κ1) is 5.69. The van der Waals surface area contributed by atoms with Crippen molar-refractivity contribution in [3.8, 4) is 0 Å². The van der Waals surface area contributed by atoms with Crippen molar-refractivity contribution in [2.24, 2.45) is 0 Å². The summed E-state index contributed by atoms with van der Waals surface area (Å²) in [6, 6.07) is 0. The Morgan fingerprint density at radius 2 is 2.11 bits per heavy atom. The Morgan fingerprint density at radius 3 is 2.44 bits per heavy atom. The minimum absolute atomic E-state index is 0.151. The van der Waals surface area contributed by atoms with Gasteiger partial charge in [0, 0.05) is 19.6 Å². The molecule has 0 aromatic carbocycles. The van der Waals surface area contributed by atoms with E-state index in [0.29, 0.717) is 0 Å². The van der Waals surface area contributed by atoms with Crippen molar-refractivity contribution in [3.05, 3.63) is 0 Å². The summed E-state index contributed by atoms with van der Waals surface area (Å²) in [6.07, 6.45) is 5.05. The van der Waals surface area contributed by atoms with Gasteiger partial charge >= 0.3 is 0 Å². The molecule has 2 nitrogen and oxygen atoms in total. The fourth-order valence-electron chi connectivity index (χ4n) is 1.59. The van der Waals surface area contributed by atoms with E-state index in [1.54, 1.807) is 0 Å². The summed E-state index contributed by atoms with van der Waals surface area (Å²) in [6.45, 7) is 2.12. The van der Waals surface area contributed by atoms with Crippen molar-refractivity contribution in [1.29, 1.82) is 0 Å². The third-order valence-corrected chi connectivity index (χ3v) is 2.33. The van der Waals surface area contributed by atoms with Crippen molar-refractivity contribution in [2.75, 3.05) is 13.2 Å². The van der Waals surface area contributed by atoms with Gasteiger partial charge in [-0.05, 0) is 19.3 Å². The second-order valence-corrected chi connectivity index (χ2v) is 2.98. The summed E-state index contributed by atoms with van der Waals surface area (Å²) in [7, 11) is 0. The van der Waals surface area contributed by atoms with Gasteiger partial charge in [0.05, 0.1) is 0 Å². The first-order valence-corrected chi connectivity index (χ1v) is 3.80. The highest BCUT2D eigenvalue weighted by Gasteiger charge is 2.38. The van der Waals surface area contributed by atoms with E-state index in [9.17, 15) is 0 Å². The van der Waals surface area contributed by atoms with Crippen molar-refractivity contribution in [1.82, 2.24) is 5.32 Å². The SMILES string of the molecule is C1CCC2(CCN2)OC1. The van der Waals surface area contributed by atoms with E-state index in [1.807, 2.05) is 0 Å². The molecule has 0 aliphatic carbocycles. The van der Waals surface area contributed by atoms with E-state index in [2.05, 4.69) is 5.32 Å². The van der Waals surface area contributed by atoms with Crippen LogP contribution in [0.3, 0.4) is 0 Å². The van der Waals surface area contributed by atoms with Crippen LogP contribution in [0.15, 0.2) is 0 Å². The zero-order chi connectivity index (χ0) is 6.16. The monoisotopic (exact) mass is 127 g/mol. The number of ether oxygens (including phenoxy) is 1. The molecule has 9 heavy (non-hydrogen) atoms.